The molecule has 7 nitrogen and oxygen atoms in total. The smallest absolute Gasteiger partial charge is 0.189 e. The zero-order valence-corrected chi connectivity index (χ0v) is 18.6. The Morgan fingerprint density at radius 3 is 2.58 bits per heavy atom. The largest absolute Gasteiger partial charge is 0.493 e. The van der Waals surface area contributed by atoms with Gasteiger partial charge >= 0.3 is 0 Å². The Hall–Kier alpha value is -1.38. The third-order valence-corrected chi connectivity index (χ3v) is 8.91. The van der Waals surface area contributed by atoms with Crippen molar-refractivity contribution in [2.45, 2.75) is 73.6 Å². The minimum atomic E-state index is -1.38. The van der Waals surface area contributed by atoms with Gasteiger partial charge in [-0.2, -0.15) is 0 Å². The molecule has 170 valence electrons. The van der Waals surface area contributed by atoms with Crippen molar-refractivity contribution in [2.24, 2.45) is 5.92 Å². The first kappa shape index (κ1) is 20.2. The highest BCUT2D eigenvalue weighted by Crippen LogP contribution is 2.67. The summed E-state index contributed by atoms with van der Waals surface area (Å²) in [5.41, 5.74) is -0.835. The van der Waals surface area contributed by atoms with Crippen LogP contribution in [0.3, 0.4) is 0 Å². The lowest BCUT2D eigenvalue weighted by Gasteiger charge is -2.65. The van der Waals surface area contributed by atoms with Gasteiger partial charge in [-0.25, -0.2) is 0 Å². The Morgan fingerprint density at radius 1 is 1.13 bits per heavy atom. The molecule has 0 radical (unpaired) electrons. The molecule has 1 spiro atoms. The fourth-order valence-electron chi connectivity index (χ4n) is 7.42. The first-order valence-corrected chi connectivity index (χ1v) is 11.5. The van der Waals surface area contributed by atoms with Gasteiger partial charge in [-0.1, -0.05) is 6.07 Å². The molecule has 0 unspecified atom stereocenters. The lowest BCUT2D eigenvalue weighted by molar-refractivity contribution is -0.298. The Labute approximate surface area is 183 Å². The van der Waals surface area contributed by atoms with E-state index < -0.39 is 29.0 Å². The number of nitrogens with zero attached hydrogens (tertiary/aromatic N) is 1. The van der Waals surface area contributed by atoms with Gasteiger partial charge in [-0.3, -0.25) is 4.90 Å². The lowest BCUT2D eigenvalue weighted by atomic mass is 9.46. The van der Waals surface area contributed by atoms with Crippen molar-refractivity contribution in [3.8, 4) is 11.5 Å². The molecular weight excluding hydrogens is 398 g/mol. The van der Waals surface area contributed by atoms with E-state index in [0.29, 0.717) is 24.3 Å². The summed E-state index contributed by atoms with van der Waals surface area (Å²) in [6.07, 6.45) is 3.43. The summed E-state index contributed by atoms with van der Waals surface area (Å²) in [7, 11) is 4.72. The second-order valence-electron chi connectivity index (χ2n) is 10.2. The summed E-state index contributed by atoms with van der Waals surface area (Å²) in [6, 6.07) is 4.10. The van der Waals surface area contributed by atoms with E-state index in [1.54, 1.807) is 21.3 Å². The number of ether oxygens (including phenoxy) is 4. The Kier molecular flexibility index (Phi) is 4.29. The predicted octanol–water partition coefficient (Wildman–Crippen LogP) is 1.61. The molecule has 7 heteroatoms. The average molecular weight is 432 g/mol. The second kappa shape index (κ2) is 6.58. The Morgan fingerprint density at radius 2 is 1.90 bits per heavy atom. The normalized spacial score (nSPS) is 40.6. The fourth-order valence-corrected chi connectivity index (χ4v) is 7.42. The van der Waals surface area contributed by atoms with E-state index in [4.69, 9.17) is 18.9 Å². The van der Waals surface area contributed by atoms with Gasteiger partial charge in [0.15, 0.2) is 23.4 Å². The van der Waals surface area contributed by atoms with Crippen LogP contribution < -0.4 is 9.47 Å². The van der Waals surface area contributed by atoms with Crippen molar-refractivity contribution >= 4 is 0 Å². The highest BCUT2D eigenvalue weighted by molar-refractivity contribution is 5.63. The van der Waals surface area contributed by atoms with Crippen LogP contribution in [0, 0.1) is 5.92 Å². The van der Waals surface area contributed by atoms with Crippen molar-refractivity contribution < 1.29 is 29.2 Å². The quantitative estimate of drug-likeness (QED) is 0.663. The lowest BCUT2D eigenvalue weighted by Crippen LogP contribution is -2.80. The number of hydrogen-bond acceptors (Lipinski definition) is 7. The Balaban J connectivity index is 1.55. The number of hydrogen-bond donors (Lipinski definition) is 2. The molecule has 2 saturated carbocycles. The molecule has 1 aromatic carbocycles. The van der Waals surface area contributed by atoms with Gasteiger partial charge in [-0.15, -0.1) is 0 Å². The highest BCUT2D eigenvalue weighted by Gasteiger charge is 2.77. The van der Waals surface area contributed by atoms with Crippen LogP contribution in [0.15, 0.2) is 12.1 Å². The van der Waals surface area contributed by atoms with Gasteiger partial charge < -0.3 is 29.2 Å². The molecule has 0 aromatic heterocycles. The monoisotopic (exact) mass is 431 g/mol. The van der Waals surface area contributed by atoms with Gasteiger partial charge in [0.05, 0.1) is 18.1 Å². The molecule has 5 aliphatic rings. The molecule has 2 aliphatic heterocycles. The third kappa shape index (κ3) is 2.36. The molecule has 3 fully saturated rings. The van der Waals surface area contributed by atoms with Crippen LogP contribution in [0.25, 0.3) is 0 Å². The van der Waals surface area contributed by atoms with Gasteiger partial charge in [0.1, 0.15) is 6.10 Å². The number of benzene rings is 1. The molecule has 3 aliphatic carbocycles. The van der Waals surface area contributed by atoms with Crippen molar-refractivity contribution in [3.05, 3.63) is 23.3 Å². The maximum absolute atomic E-state index is 12.5. The number of rotatable bonds is 6. The summed E-state index contributed by atoms with van der Waals surface area (Å²) in [4.78, 5) is 2.51. The topological polar surface area (TPSA) is 80.6 Å². The molecule has 2 bridgehead atoms. The molecule has 1 aromatic rings. The van der Waals surface area contributed by atoms with Crippen LogP contribution >= 0.6 is 0 Å². The van der Waals surface area contributed by atoms with Crippen molar-refractivity contribution in [1.82, 2.24) is 4.90 Å². The molecule has 2 N–H and O–H groups in total. The predicted molar refractivity (Wildman–Crippen MR) is 112 cm³/mol. The molecule has 6 rings (SSSR count). The van der Waals surface area contributed by atoms with E-state index in [1.807, 2.05) is 6.07 Å². The van der Waals surface area contributed by atoms with Crippen molar-refractivity contribution in [3.63, 3.8) is 0 Å². The van der Waals surface area contributed by atoms with E-state index in [-0.39, 0.29) is 6.04 Å². The molecular formula is C24H33NO6. The molecule has 5 atom stereocenters. The number of methoxy groups -OCH3 is 3. The molecule has 1 saturated heterocycles. The number of likely N-dealkylation sites (tertiary alicyclic amines) is 1. The van der Waals surface area contributed by atoms with Crippen LogP contribution in [-0.4, -0.2) is 79.2 Å². The van der Waals surface area contributed by atoms with Gasteiger partial charge in [0.2, 0.25) is 0 Å². The first-order valence-electron chi connectivity index (χ1n) is 11.5. The minimum absolute atomic E-state index is 0.0212. The maximum atomic E-state index is 12.5. The molecule has 2 heterocycles. The van der Waals surface area contributed by atoms with Gasteiger partial charge in [-0.05, 0) is 62.6 Å². The summed E-state index contributed by atoms with van der Waals surface area (Å²) < 4.78 is 23.4. The number of piperidine rings is 1. The van der Waals surface area contributed by atoms with Crippen molar-refractivity contribution in [2.75, 3.05) is 34.4 Å². The van der Waals surface area contributed by atoms with Crippen LogP contribution in [-0.2, 0) is 21.3 Å². The first-order chi connectivity index (χ1) is 14.9. The second-order valence-corrected chi connectivity index (χ2v) is 10.2. The zero-order valence-electron chi connectivity index (χ0n) is 18.6. The standard InChI is InChI=1S/C24H33NO6/c1-28-16-7-6-15-12-17-24(27)9-8-23(26,21(29-2)30-3)20-22(24,18(15)19(16)31-20)10-11-25(17)13-14-4-5-14/h6-7,14,17,20-21,26-27H,4-5,8-13H2,1-3H3/t17-,20-,22+,23+,24-/m1/s1. The zero-order chi connectivity index (χ0) is 21.6. The Bertz CT molecular complexity index is 900. The van der Waals surface area contributed by atoms with E-state index >= 15 is 0 Å². The van der Waals surface area contributed by atoms with E-state index in [1.165, 1.54) is 18.4 Å². The van der Waals surface area contributed by atoms with Crippen LogP contribution in [0.5, 0.6) is 11.5 Å². The average Bonchev–Trinajstić information content (AvgIpc) is 3.50. The highest BCUT2D eigenvalue weighted by atomic mass is 16.7. The van der Waals surface area contributed by atoms with Gasteiger partial charge in [0.25, 0.3) is 0 Å². The van der Waals surface area contributed by atoms with Crippen LogP contribution in [0.1, 0.15) is 43.2 Å². The van der Waals surface area contributed by atoms with Crippen LogP contribution in [0.4, 0.5) is 0 Å². The summed E-state index contributed by atoms with van der Waals surface area (Å²) in [5.74, 6) is 2.08. The van der Waals surface area contributed by atoms with E-state index in [0.717, 1.165) is 37.4 Å². The molecule has 0 amide bonds. The third-order valence-electron chi connectivity index (χ3n) is 8.91. The van der Waals surface area contributed by atoms with E-state index in [9.17, 15) is 10.2 Å². The van der Waals surface area contributed by atoms with Crippen molar-refractivity contribution in [1.29, 1.82) is 0 Å². The SMILES string of the molecule is COc1ccc2c3c1O[C@H]1[C@](O)(C(OC)OC)CC[C@@]4(O)[C@@H](C2)N(CC2CC2)CC[C@]314. The molecule has 31 heavy (non-hydrogen) atoms. The summed E-state index contributed by atoms with van der Waals surface area (Å²) in [5, 5.41) is 24.5. The summed E-state index contributed by atoms with van der Waals surface area (Å²) >= 11 is 0. The fraction of sp³-hybridized carbons (Fsp3) is 0.750. The maximum Gasteiger partial charge on any atom is 0.189 e. The van der Waals surface area contributed by atoms with E-state index in [2.05, 4.69) is 11.0 Å². The van der Waals surface area contributed by atoms with Gasteiger partial charge in [0, 0.05) is 32.4 Å². The minimum Gasteiger partial charge on any atom is -0.493 e. The van der Waals surface area contributed by atoms with Crippen LogP contribution in [0.2, 0.25) is 0 Å². The summed E-state index contributed by atoms with van der Waals surface area (Å²) in [6.45, 7) is 1.94. The number of aliphatic hydroxyl groups is 2.